The van der Waals surface area contributed by atoms with Gasteiger partial charge in [0.25, 0.3) is 0 Å². The fourth-order valence-corrected chi connectivity index (χ4v) is 0.975. The molecule has 1 aromatic rings. The summed E-state index contributed by atoms with van der Waals surface area (Å²) in [6.45, 7) is 3.36. The second-order valence-corrected chi connectivity index (χ2v) is 3.47. The molecule has 0 radical (unpaired) electrons. The predicted molar refractivity (Wildman–Crippen MR) is 52.8 cm³/mol. The van der Waals surface area contributed by atoms with Crippen molar-refractivity contribution in [2.24, 2.45) is 7.05 Å². The Morgan fingerprint density at radius 3 is 2.62 bits per heavy atom. The van der Waals surface area contributed by atoms with Gasteiger partial charge in [-0.1, -0.05) is 13.3 Å². The van der Waals surface area contributed by atoms with Crippen molar-refractivity contribution in [2.45, 2.75) is 26.3 Å². The number of aryl methyl sites for hydroxylation is 2. The Morgan fingerprint density at radius 1 is 1.62 bits per heavy atom. The average molecular weight is 218 g/mol. The SMILES string of the molecule is CCCCn1cc[n+](C)c1.[O]=[Al][Cl]. The van der Waals surface area contributed by atoms with E-state index >= 15 is 0 Å². The molecule has 3 nitrogen and oxygen atoms in total. The van der Waals surface area contributed by atoms with Crippen LogP contribution < -0.4 is 4.57 Å². The van der Waals surface area contributed by atoms with E-state index in [1.54, 1.807) is 0 Å². The molecule has 5 heteroatoms. The number of nitrogens with zero attached hydrogens (tertiary/aromatic N) is 2. The molecule has 0 unspecified atom stereocenters. The summed E-state index contributed by atoms with van der Waals surface area (Å²) in [7, 11) is 6.57. The fraction of sp³-hybridized carbons (Fsp3) is 0.625. The van der Waals surface area contributed by atoms with Crippen LogP contribution in [-0.4, -0.2) is 18.8 Å². The van der Waals surface area contributed by atoms with Crippen LogP contribution in [0.2, 0.25) is 0 Å². The van der Waals surface area contributed by atoms with Gasteiger partial charge in [0.05, 0.1) is 13.6 Å². The Balaban J connectivity index is 0.000000424. The molecule has 0 N–H and O–H groups in total. The Morgan fingerprint density at radius 2 is 2.23 bits per heavy atom. The molecule has 13 heavy (non-hydrogen) atoms. The monoisotopic (exact) mass is 217 g/mol. The summed E-state index contributed by atoms with van der Waals surface area (Å²) in [4.78, 5) is 0. The summed E-state index contributed by atoms with van der Waals surface area (Å²) >= 11 is -1.03. The first-order valence-electron chi connectivity index (χ1n) is 4.29. The van der Waals surface area contributed by atoms with E-state index < -0.39 is 14.2 Å². The molecule has 0 atom stereocenters. The third-order valence-electron chi connectivity index (χ3n) is 1.59. The van der Waals surface area contributed by atoms with Gasteiger partial charge in [0.1, 0.15) is 12.4 Å². The topological polar surface area (TPSA) is 25.9 Å². The molecule has 0 bridgehead atoms. The van der Waals surface area contributed by atoms with E-state index in [9.17, 15) is 0 Å². The van der Waals surface area contributed by atoms with Gasteiger partial charge in [0.15, 0.2) is 0 Å². The maximum absolute atomic E-state index is 8.78. The second kappa shape index (κ2) is 8.43. The van der Waals surface area contributed by atoms with E-state index in [0.29, 0.717) is 0 Å². The van der Waals surface area contributed by atoms with E-state index in [1.807, 2.05) is 7.05 Å². The van der Waals surface area contributed by atoms with E-state index in [1.165, 1.54) is 12.8 Å². The molecule has 1 heterocycles. The van der Waals surface area contributed by atoms with Gasteiger partial charge < -0.3 is 0 Å². The number of halogens is 1. The Bertz CT molecular complexity index is 240. The minimum absolute atomic E-state index is 1.03. The van der Waals surface area contributed by atoms with Crippen LogP contribution in [0.4, 0.5) is 0 Å². The van der Waals surface area contributed by atoms with E-state index in [2.05, 4.69) is 44.8 Å². The molecule has 0 spiro atoms. The summed E-state index contributed by atoms with van der Waals surface area (Å²) in [5.41, 5.74) is 0. The minimum atomic E-state index is -1.03. The molecule has 1 rings (SSSR count). The Kier molecular flexibility index (Phi) is 8.32. The molecule has 0 aliphatic rings. The zero-order valence-corrected chi connectivity index (χ0v) is 10.0. The van der Waals surface area contributed by atoms with Gasteiger partial charge in [-0.05, 0) is 6.42 Å². The van der Waals surface area contributed by atoms with Crippen molar-refractivity contribution in [3.8, 4) is 0 Å². The summed E-state index contributed by atoms with van der Waals surface area (Å²) in [5.74, 6) is 0. The van der Waals surface area contributed by atoms with Gasteiger partial charge in [-0.2, -0.15) is 0 Å². The average Bonchev–Trinajstić information content (AvgIpc) is 2.49. The van der Waals surface area contributed by atoms with Gasteiger partial charge >= 0.3 is 28.1 Å². The molecule has 0 saturated carbocycles. The third kappa shape index (κ3) is 6.95. The molecule has 0 aromatic carbocycles. The quantitative estimate of drug-likeness (QED) is 0.554. The van der Waals surface area contributed by atoms with Crippen molar-refractivity contribution < 1.29 is 8.37 Å². The first-order chi connectivity index (χ1) is 6.24. The molecule has 0 saturated heterocycles. The molecular weight excluding hydrogens is 203 g/mol. The number of unbranched alkanes of at least 4 members (excludes halogenated alkanes) is 1. The first kappa shape index (κ1) is 12.8. The second-order valence-electron chi connectivity index (χ2n) is 2.76. The number of rotatable bonds is 3. The van der Waals surface area contributed by atoms with Gasteiger partial charge in [-0.15, -0.1) is 0 Å². The fourth-order valence-electron chi connectivity index (χ4n) is 0.975. The van der Waals surface area contributed by atoms with Crippen molar-refractivity contribution in [3.05, 3.63) is 18.7 Å². The number of imidazole rings is 1. The van der Waals surface area contributed by atoms with Gasteiger partial charge in [-0.3, -0.25) is 0 Å². The van der Waals surface area contributed by atoms with Crippen molar-refractivity contribution in [1.29, 1.82) is 0 Å². The van der Waals surface area contributed by atoms with Crippen molar-refractivity contribution in [1.82, 2.24) is 4.57 Å². The Hall–Kier alpha value is -0.168. The van der Waals surface area contributed by atoms with Gasteiger partial charge in [0, 0.05) is 0 Å². The van der Waals surface area contributed by atoms with Crippen molar-refractivity contribution in [2.75, 3.05) is 0 Å². The maximum atomic E-state index is 8.78. The molecule has 0 amide bonds. The molecule has 1 aromatic heterocycles. The summed E-state index contributed by atoms with van der Waals surface area (Å²) < 4.78 is 13.1. The van der Waals surface area contributed by atoms with E-state index in [-0.39, 0.29) is 0 Å². The number of aromatic nitrogens is 2. The zero-order chi connectivity index (χ0) is 10.1. The van der Waals surface area contributed by atoms with E-state index in [4.69, 9.17) is 3.80 Å². The van der Waals surface area contributed by atoms with Crippen LogP contribution in [-0.2, 0) is 17.4 Å². The van der Waals surface area contributed by atoms with Crippen LogP contribution in [0.1, 0.15) is 19.8 Å². The van der Waals surface area contributed by atoms with Crippen LogP contribution in [0.5, 0.6) is 0 Å². The Labute approximate surface area is 89.5 Å². The van der Waals surface area contributed by atoms with Gasteiger partial charge in [-0.25, -0.2) is 9.13 Å². The first-order valence-corrected chi connectivity index (χ1v) is 6.51. The molecule has 0 aliphatic heterocycles. The normalized spacial score (nSPS) is 8.54. The number of hydrogen-bond acceptors (Lipinski definition) is 1. The van der Waals surface area contributed by atoms with Gasteiger partial charge in [0.2, 0.25) is 6.33 Å². The summed E-state index contributed by atoms with van der Waals surface area (Å²) in [5, 5.41) is 0. The van der Waals surface area contributed by atoms with Crippen LogP contribution in [0.25, 0.3) is 0 Å². The molecule has 0 fully saturated rings. The number of hydrogen-bond donors (Lipinski definition) is 0. The predicted octanol–water partition coefficient (Wildman–Crippen LogP) is 1.30. The standard InChI is InChI=1S/C8H15N2.Al.ClH.O/c1-3-4-5-10-7-6-9(2)8-10;;;/h6-8H,3-5H2,1-2H3;;1H;/q2*+1;;/p-1. The third-order valence-corrected chi connectivity index (χ3v) is 1.59. The molecular formula is C8H15AlClN2O+. The summed E-state index contributed by atoms with van der Waals surface area (Å²) in [6.07, 6.45) is 8.82. The van der Waals surface area contributed by atoms with Crippen molar-refractivity contribution >= 4 is 24.3 Å². The van der Waals surface area contributed by atoms with Crippen LogP contribution in [0, 0.1) is 0 Å². The van der Waals surface area contributed by atoms with E-state index in [0.717, 1.165) is 6.54 Å². The molecule has 0 aliphatic carbocycles. The van der Waals surface area contributed by atoms with Crippen molar-refractivity contribution in [3.63, 3.8) is 0 Å². The molecule has 72 valence electrons. The zero-order valence-electron chi connectivity index (χ0n) is 8.11. The summed E-state index contributed by atoms with van der Waals surface area (Å²) in [6, 6.07) is 0. The van der Waals surface area contributed by atoms with Crippen LogP contribution in [0.15, 0.2) is 18.7 Å². The van der Waals surface area contributed by atoms with Crippen LogP contribution in [0.3, 0.4) is 0 Å². The van der Waals surface area contributed by atoms with Crippen LogP contribution >= 0.6 is 10.0 Å².